The molecule has 0 aliphatic rings. The van der Waals surface area contributed by atoms with Crippen LogP contribution in [0.15, 0.2) is 66.7 Å². The third-order valence-corrected chi connectivity index (χ3v) is 5.77. The molecule has 1 unspecified atom stereocenters. The van der Waals surface area contributed by atoms with E-state index in [9.17, 15) is 40.7 Å². The fourth-order valence-electron chi connectivity index (χ4n) is 3.45. The molecule has 3 amide bonds. The molecule has 3 aromatic carbocycles. The smallest absolute Gasteiger partial charge is 0.490 e. The van der Waals surface area contributed by atoms with Gasteiger partial charge in [0, 0.05) is 17.4 Å². The van der Waals surface area contributed by atoms with Crippen molar-refractivity contribution in [2.45, 2.75) is 38.2 Å². The number of halogens is 6. The summed E-state index contributed by atoms with van der Waals surface area (Å²) in [5, 5.41) is 31.5. The second-order valence-electron chi connectivity index (χ2n) is 9.59. The van der Waals surface area contributed by atoms with E-state index in [-0.39, 0.29) is 18.7 Å². The number of carbonyl (C=O) groups excluding carboxylic acids is 2. The van der Waals surface area contributed by atoms with Crippen LogP contribution in [0.2, 0.25) is 0 Å². The number of nitrogens with one attached hydrogen (secondary N) is 3. The zero-order valence-electron chi connectivity index (χ0n) is 25.5. The van der Waals surface area contributed by atoms with Crippen LogP contribution in [-0.2, 0) is 25.6 Å². The highest BCUT2D eigenvalue weighted by Gasteiger charge is 2.38. The van der Waals surface area contributed by atoms with Gasteiger partial charge in [0.15, 0.2) is 0 Å². The molecule has 0 fully saturated rings. The predicted molar refractivity (Wildman–Crippen MR) is 162 cm³/mol. The summed E-state index contributed by atoms with van der Waals surface area (Å²) in [6.45, 7) is 1.90. The maximum absolute atomic E-state index is 12.5. The fourth-order valence-corrected chi connectivity index (χ4v) is 3.45. The Morgan fingerprint density at radius 1 is 0.776 bits per heavy atom. The van der Waals surface area contributed by atoms with E-state index in [1.54, 1.807) is 42.5 Å². The molecular weight excluding hydrogens is 674 g/mol. The minimum atomic E-state index is -5.08. The highest BCUT2D eigenvalue weighted by atomic mass is 19.4. The van der Waals surface area contributed by atoms with Crippen molar-refractivity contribution in [2.75, 3.05) is 23.1 Å². The van der Waals surface area contributed by atoms with Crippen LogP contribution in [0.4, 0.5) is 48.2 Å². The Bertz CT molecular complexity index is 1590. The number of amides is 3. The minimum Gasteiger partial charge on any atom is -0.495 e. The molecule has 0 saturated carbocycles. The highest BCUT2D eigenvalue weighted by molar-refractivity contribution is 6.01. The van der Waals surface area contributed by atoms with Crippen molar-refractivity contribution in [3.05, 3.63) is 83.4 Å². The molecule has 0 aromatic heterocycles. The van der Waals surface area contributed by atoms with Crippen molar-refractivity contribution in [1.82, 2.24) is 0 Å². The van der Waals surface area contributed by atoms with Crippen molar-refractivity contribution in [1.29, 1.82) is 0 Å². The summed E-state index contributed by atoms with van der Waals surface area (Å²) in [4.78, 5) is 53.5. The lowest BCUT2D eigenvalue weighted by Crippen LogP contribution is -2.21. The number of anilines is 3. The van der Waals surface area contributed by atoms with Crippen LogP contribution in [0.3, 0.4) is 0 Å². The maximum Gasteiger partial charge on any atom is 0.490 e. The Morgan fingerprint density at radius 2 is 1.29 bits per heavy atom. The van der Waals surface area contributed by atoms with E-state index in [4.69, 9.17) is 35.4 Å². The second-order valence-corrected chi connectivity index (χ2v) is 9.59. The van der Waals surface area contributed by atoms with Crippen molar-refractivity contribution in [2.24, 2.45) is 5.73 Å². The van der Waals surface area contributed by atoms with Gasteiger partial charge in [-0.05, 0) is 53.9 Å². The molecular formula is C30H30F6N4O9. The van der Waals surface area contributed by atoms with Gasteiger partial charge in [-0.25, -0.2) is 14.4 Å². The van der Waals surface area contributed by atoms with Gasteiger partial charge in [-0.1, -0.05) is 36.4 Å². The van der Waals surface area contributed by atoms with Crippen molar-refractivity contribution in [3.63, 3.8) is 0 Å². The van der Waals surface area contributed by atoms with Crippen molar-refractivity contribution >= 4 is 46.9 Å². The Kier molecular flexibility index (Phi) is 15.5. The number of alkyl halides is 6. The van der Waals surface area contributed by atoms with Gasteiger partial charge >= 0.3 is 36.3 Å². The second kappa shape index (κ2) is 18.5. The molecule has 13 nitrogen and oxygen atoms in total. The molecule has 19 heteroatoms. The average Bonchev–Trinajstić information content (AvgIpc) is 2.98. The molecule has 266 valence electrons. The highest BCUT2D eigenvalue weighted by Crippen LogP contribution is 2.27. The number of ether oxygens (including phenoxy) is 1. The zero-order chi connectivity index (χ0) is 37.5. The van der Waals surface area contributed by atoms with Crippen LogP contribution in [0.5, 0.6) is 5.75 Å². The molecule has 3 aromatic rings. The van der Waals surface area contributed by atoms with E-state index in [1.807, 2.05) is 31.2 Å². The summed E-state index contributed by atoms with van der Waals surface area (Å²) in [5.41, 5.74) is 9.90. The van der Waals surface area contributed by atoms with Crippen LogP contribution in [-0.4, -0.2) is 64.6 Å². The van der Waals surface area contributed by atoms with E-state index in [1.165, 1.54) is 7.11 Å². The molecule has 49 heavy (non-hydrogen) atoms. The predicted octanol–water partition coefficient (Wildman–Crippen LogP) is 5.57. The van der Waals surface area contributed by atoms with Crippen LogP contribution < -0.4 is 26.4 Å². The van der Waals surface area contributed by atoms with Gasteiger partial charge in [-0.3, -0.25) is 9.59 Å². The molecule has 0 heterocycles. The Labute approximate surface area is 273 Å². The van der Waals surface area contributed by atoms with Gasteiger partial charge < -0.3 is 41.7 Å². The van der Waals surface area contributed by atoms with E-state index in [0.717, 1.165) is 5.56 Å². The molecule has 3 rings (SSSR count). The van der Waals surface area contributed by atoms with Crippen LogP contribution in [0, 0.1) is 6.92 Å². The quantitative estimate of drug-likeness (QED) is 0.137. The van der Waals surface area contributed by atoms with E-state index >= 15 is 0 Å². The Balaban J connectivity index is 0.000000717. The number of aryl methyl sites for hydroxylation is 1. The van der Waals surface area contributed by atoms with Crippen molar-refractivity contribution < 1.29 is 70.4 Å². The molecule has 0 spiro atoms. The van der Waals surface area contributed by atoms with Gasteiger partial charge in [0.05, 0.1) is 25.6 Å². The molecule has 1 atom stereocenters. The van der Waals surface area contributed by atoms with Crippen molar-refractivity contribution in [3.8, 4) is 5.75 Å². The maximum atomic E-state index is 12.5. The first kappa shape index (κ1) is 41.2. The van der Waals surface area contributed by atoms with E-state index in [2.05, 4.69) is 16.0 Å². The van der Waals surface area contributed by atoms with Gasteiger partial charge in [0.2, 0.25) is 5.91 Å². The number of carboxylic acid groups (broad SMARTS) is 3. The van der Waals surface area contributed by atoms with Gasteiger partial charge in [-0.15, -0.1) is 0 Å². The molecule has 0 radical (unpaired) electrons. The summed E-state index contributed by atoms with van der Waals surface area (Å²) >= 11 is 0. The minimum absolute atomic E-state index is 0.0896. The molecule has 0 saturated heterocycles. The first-order valence-corrected chi connectivity index (χ1v) is 13.4. The number of carboxylic acids is 3. The normalized spacial score (nSPS) is 11.3. The Morgan fingerprint density at radius 3 is 1.76 bits per heavy atom. The first-order chi connectivity index (χ1) is 22.6. The SMILES string of the molecule is COc1cc(CC(=O)Nc2ccc(C(N)CC(=O)O)cc2)ccc1NC(=O)Nc1ccccc1C.O=C(O)C(F)(F)F.O=C(O)C(F)(F)F. The van der Waals surface area contributed by atoms with Crippen LogP contribution in [0.25, 0.3) is 0 Å². The molecule has 0 aliphatic heterocycles. The lowest BCUT2D eigenvalue weighted by Gasteiger charge is -2.14. The number of urea groups is 1. The number of methoxy groups -OCH3 is 1. The number of hydrogen-bond donors (Lipinski definition) is 7. The third-order valence-electron chi connectivity index (χ3n) is 5.77. The number of benzene rings is 3. The topological polar surface area (TPSA) is 217 Å². The summed E-state index contributed by atoms with van der Waals surface area (Å²) in [6.07, 6.45) is -10.3. The fraction of sp³-hybridized carbons (Fsp3) is 0.233. The number of carbonyl (C=O) groups is 5. The number of para-hydroxylation sites is 1. The zero-order valence-corrected chi connectivity index (χ0v) is 25.5. The van der Waals surface area contributed by atoms with Gasteiger partial charge in [0.1, 0.15) is 5.75 Å². The summed E-state index contributed by atoms with van der Waals surface area (Å²) in [7, 11) is 1.49. The lowest BCUT2D eigenvalue weighted by molar-refractivity contribution is -0.193. The molecule has 0 aliphatic carbocycles. The third kappa shape index (κ3) is 15.5. The largest absolute Gasteiger partial charge is 0.495 e. The average molecular weight is 705 g/mol. The van der Waals surface area contributed by atoms with Crippen LogP contribution >= 0.6 is 0 Å². The number of aliphatic carboxylic acids is 3. The van der Waals surface area contributed by atoms with Gasteiger partial charge in [0.25, 0.3) is 0 Å². The monoisotopic (exact) mass is 704 g/mol. The molecule has 0 bridgehead atoms. The standard InChI is InChI=1S/C26H28N4O5.2C2HF3O2/c1-16-5-3-4-6-21(16)29-26(34)30-22-12-7-17(13-23(22)35-2)14-24(31)28-19-10-8-18(9-11-19)20(27)15-25(32)33;2*3-2(4,5)1(6)7/h3-13,20H,14-15,27H2,1-2H3,(H,28,31)(H,32,33)(H2,29,30,34);2*(H,6,7). The van der Waals surface area contributed by atoms with E-state index < -0.39 is 42.3 Å². The lowest BCUT2D eigenvalue weighted by atomic mass is 10.0. The molecule has 8 N–H and O–H groups in total. The first-order valence-electron chi connectivity index (χ1n) is 13.4. The number of hydrogen-bond acceptors (Lipinski definition) is 7. The van der Waals surface area contributed by atoms with E-state index in [0.29, 0.717) is 33.9 Å². The number of nitrogens with two attached hydrogens (primary N) is 1. The summed E-state index contributed by atoms with van der Waals surface area (Å²) in [6, 6.07) is 18.3. The summed E-state index contributed by atoms with van der Waals surface area (Å²) < 4.78 is 68.9. The summed E-state index contributed by atoms with van der Waals surface area (Å²) in [5.74, 6) is -6.31. The number of rotatable bonds is 9. The van der Waals surface area contributed by atoms with Crippen LogP contribution in [0.1, 0.15) is 29.2 Å². The Hall–Kier alpha value is -5.85. The van der Waals surface area contributed by atoms with Gasteiger partial charge in [-0.2, -0.15) is 26.3 Å².